The molecule has 0 spiro atoms. The Morgan fingerprint density at radius 3 is 2.79 bits per heavy atom. The van der Waals surface area contributed by atoms with Gasteiger partial charge in [0.05, 0.1) is 20.6 Å². The largest absolute Gasteiger partial charge is 0.349 e. The van der Waals surface area contributed by atoms with Crippen LogP contribution in [0.1, 0.15) is 6.92 Å². The minimum atomic E-state index is -0.486. The van der Waals surface area contributed by atoms with Crippen molar-refractivity contribution < 1.29 is 4.92 Å². The third-order valence-corrected chi connectivity index (χ3v) is 1.90. The highest BCUT2D eigenvalue weighted by atomic mass is 35.5. The lowest BCUT2D eigenvalue weighted by Crippen LogP contribution is -2.04. The van der Waals surface area contributed by atoms with Gasteiger partial charge in [0, 0.05) is 12.1 Å². The van der Waals surface area contributed by atoms with Gasteiger partial charge < -0.3 is 5.32 Å². The Bertz CT molecular complexity index is 395. The number of rotatable bonds is 2. The van der Waals surface area contributed by atoms with Crippen LogP contribution in [0.2, 0.25) is 5.02 Å². The van der Waals surface area contributed by atoms with Crippen LogP contribution in [0.25, 0.3) is 0 Å². The summed E-state index contributed by atoms with van der Waals surface area (Å²) >= 11 is 10.6. The summed E-state index contributed by atoms with van der Waals surface area (Å²) in [5.41, 5.74) is 0.432. The van der Waals surface area contributed by atoms with E-state index in [1.807, 2.05) is 0 Å². The Labute approximate surface area is 91.0 Å². The maximum Gasteiger partial charge on any atom is 0.271 e. The van der Waals surface area contributed by atoms with E-state index in [0.717, 1.165) is 0 Å². The van der Waals surface area contributed by atoms with Gasteiger partial charge in [-0.25, -0.2) is 0 Å². The van der Waals surface area contributed by atoms with Gasteiger partial charge in [-0.1, -0.05) is 23.8 Å². The molecule has 6 heteroatoms. The first-order valence-electron chi connectivity index (χ1n) is 3.72. The molecule has 0 heterocycles. The minimum absolute atomic E-state index is 0.0202. The lowest BCUT2D eigenvalue weighted by molar-refractivity contribution is -0.384. The number of hydrogen-bond acceptors (Lipinski definition) is 3. The molecular weight excluding hydrogens is 224 g/mol. The van der Waals surface area contributed by atoms with E-state index in [9.17, 15) is 10.1 Å². The van der Waals surface area contributed by atoms with E-state index in [1.165, 1.54) is 18.2 Å². The van der Waals surface area contributed by atoms with Crippen molar-refractivity contribution in [2.45, 2.75) is 6.92 Å². The highest BCUT2D eigenvalue weighted by Gasteiger charge is 2.09. The molecule has 4 nitrogen and oxygen atoms in total. The number of halogens is 1. The van der Waals surface area contributed by atoms with Gasteiger partial charge in [0.2, 0.25) is 0 Å². The van der Waals surface area contributed by atoms with Crippen LogP contribution in [0, 0.1) is 10.1 Å². The van der Waals surface area contributed by atoms with E-state index in [1.54, 1.807) is 6.92 Å². The van der Waals surface area contributed by atoms with Crippen LogP contribution < -0.4 is 5.32 Å². The van der Waals surface area contributed by atoms with E-state index in [2.05, 4.69) is 5.32 Å². The molecule has 14 heavy (non-hydrogen) atoms. The van der Waals surface area contributed by atoms with Crippen LogP contribution in [0.3, 0.4) is 0 Å². The highest BCUT2D eigenvalue weighted by Crippen LogP contribution is 2.26. The molecule has 0 unspecified atom stereocenters. The first-order chi connectivity index (χ1) is 6.50. The molecular formula is C8H7ClN2O2S. The van der Waals surface area contributed by atoms with Crippen molar-refractivity contribution in [2.24, 2.45) is 0 Å². The van der Waals surface area contributed by atoms with Crippen molar-refractivity contribution in [1.29, 1.82) is 0 Å². The molecule has 0 atom stereocenters. The van der Waals surface area contributed by atoms with E-state index in [-0.39, 0.29) is 5.69 Å². The normalized spacial score (nSPS) is 9.57. The van der Waals surface area contributed by atoms with Crippen molar-refractivity contribution in [3.8, 4) is 0 Å². The molecule has 0 saturated carbocycles. The van der Waals surface area contributed by atoms with Crippen molar-refractivity contribution >= 4 is 40.2 Å². The predicted octanol–water partition coefficient (Wildman–Crippen LogP) is 3.01. The second kappa shape index (κ2) is 4.34. The van der Waals surface area contributed by atoms with E-state index >= 15 is 0 Å². The number of non-ortho nitro benzene ring substituents is 1. The fourth-order valence-corrected chi connectivity index (χ4v) is 1.19. The maximum absolute atomic E-state index is 10.5. The molecule has 0 amide bonds. The summed E-state index contributed by atoms with van der Waals surface area (Å²) in [6.45, 7) is 1.67. The first kappa shape index (κ1) is 10.9. The summed E-state index contributed by atoms with van der Waals surface area (Å²) in [6.07, 6.45) is 0. The van der Waals surface area contributed by atoms with Crippen LogP contribution >= 0.6 is 23.8 Å². The average molecular weight is 231 g/mol. The van der Waals surface area contributed by atoms with Crippen molar-refractivity contribution in [3.63, 3.8) is 0 Å². The fraction of sp³-hybridized carbons (Fsp3) is 0.125. The molecule has 0 radical (unpaired) electrons. The maximum atomic E-state index is 10.5. The molecule has 1 N–H and O–H groups in total. The standard InChI is InChI=1S/C8H7ClN2O2S/c1-5(14)10-8-4-6(11(12)13)2-3-7(8)9/h2-4H,1H3,(H,10,14). The summed E-state index contributed by atoms with van der Waals surface area (Å²) in [6, 6.07) is 4.14. The van der Waals surface area contributed by atoms with Gasteiger partial charge >= 0.3 is 0 Å². The fourth-order valence-electron chi connectivity index (χ4n) is 0.912. The second-order valence-electron chi connectivity index (χ2n) is 2.60. The quantitative estimate of drug-likeness (QED) is 0.482. The Morgan fingerprint density at radius 2 is 2.29 bits per heavy atom. The van der Waals surface area contributed by atoms with Crippen molar-refractivity contribution in [3.05, 3.63) is 33.3 Å². The third-order valence-electron chi connectivity index (χ3n) is 1.47. The van der Waals surface area contributed by atoms with Crippen LogP contribution in [0.5, 0.6) is 0 Å². The van der Waals surface area contributed by atoms with Gasteiger partial charge in [0.25, 0.3) is 5.69 Å². The van der Waals surface area contributed by atoms with Crippen LogP contribution in [-0.4, -0.2) is 9.91 Å². The molecule has 74 valence electrons. The molecule has 1 aromatic rings. The third kappa shape index (κ3) is 2.65. The van der Waals surface area contributed by atoms with Crippen LogP contribution in [0.15, 0.2) is 18.2 Å². The van der Waals surface area contributed by atoms with E-state index in [0.29, 0.717) is 15.7 Å². The molecule has 1 aromatic carbocycles. The Morgan fingerprint density at radius 1 is 1.64 bits per heavy atom. The van der Waals surface area contributed by atoms with Gasteiger partial charge in [0.1, 0.15) is 0 Å². The monoisotopic (exact) mass is 230 g/mol. The van der Waals surface area contributed by atoms with Gasteiger partial charge in [-0.3, -0.25) is 10.1 Å². The first-order valence-corrected chi connectivity index (χ1v) is 4.51. The number of nitrogens with one attached hydrogen (secondary N) is 1. The van der Waals surface area contributed by atoms with Crippen molar-refractivity contribution in [1.82, 2.24) is 0 Å². The number of thiocarbonyl (C=S) groups is 1. The molecule has 0 aromatic heterocycles. The molecule has 1 rings (SSSR count). The molecule has 0 aliphatic heterocycles. The molecule has 0 saturated heterocycles. The lowest BCUT2D eigenvalue weighted by atomic mass is 10.3. The lowest BCUT2D eigenvalue weighted by Gasteiger charge is -2.05. The van der Waals surface area contributed by atoms with Crippen LogP contribution in [0.4, 0.5) is 11.4 Å². The average Bonchev–Trinajstić information content (AvgIpc) is 2.07. The summed E-state index contributed by atoms with van der Waals surface area (Å²) in [4.78, 5) is 10.5. The molecule has 0 fully saturated rings. The van der Waals surface area contributed by atoms with E-state index < -0.39 is 4.92 Å². The number of benzene rings is 1. The summed E-state index contributed by atoms with van der Waals surface area (Å²) < 4.78 is 0. The number of nitro groups is 1. The smallest absolute Gasteiger partial charge is 0.271 e. The highest BCUT2D eigenvalue weighted by molar-refractivity contribution is 7.80. The summed E-state index contributed by atoms with van der Waals surface area (Å²) in [5, 5.41) is 13.6. The molecule has 0 aliphatic carbocycles. The number of nitro benzene ring substituents is 1. The number of nitrogens with zero attached hydrogens (tertiary/aromatic N) is 1. The number of hydrogen-bond donors (Lipinski definition) is 1. The zero-order chi connectivity index (χ0) is 10.7. The van der Waals surface area contributed by atoms with Gasteiger partial charge in [-0.15, -0.1) is 0 Å². The molecule has 0 aliphatic rings. The SMILES string of the molecule is CC(=S)Nc1cc([N+](=O)[O-])ccc1Cl. The predicted molar refractivity (Wildman–Crippen MR) is 60.0 cm³/mol. The zero-order valence-corrected chi connectivity index (χ0v) is 8.85. The second-order valence-corrected chi connectivity index (χ2v) is 3.62. The van der Waals surface area contributed by atoms with Crippen LogP contribution in [-0.2, 0) is 0 Å². The molecule has 0 bridgehead atoms. The summed E-state index contributed by atoms with van der Waals surface area (Å²) in [7, 11) is 0. The van der Waals surface area contributed by atoms with E-state index in [4.69, 9.17) is 23.8 Å². The zero-order valence-electron chi connectivity index (χ0n) is 7.28. The summed E-state index contributed by atoms with van der Waals surface area (Å²) in [5.74, 6) is 0. The Kier molecular flexibility index (Phi) is 3.38. The van der Waals surface area contributed by atoms with Crippen molar-refractivity contribution in [2.75, 3.05) is 5.32 Å². The minimum Gasteiger partial charge on any atom is -0.349 e. The Balaban J connectivity index is 3.08. The van der Waals surface area contributed by atoms with Gasteiger partial charge in [0.15, 0.2) is 0 Å². The topological polar surface area (TPSA) is 55.2 Å². The van der Waals surface area contributed by atoms with Gasteiger partial charge in [-0.05, 0) is 13.0 Å². The van der Waals surface area contributed by atoms with Gasteiger partial charge in [-0.2, -0.15) is 0 Å². The number of anilines is 1. The Hall–Kier alpha value is -1.20.